The Morgan fingerprint density at radius 3 is 2.70 bits per heavy atom. The number of carbonyl (C=O) groups excluding carboxylic acids is 1. The van der Waals surface area contributed by atoms with Gasteiger partial charge in [-0.1, -0.05) is 18.7 Å². The minimum absolute atomic E-state index is 0.287. The van der Waals surface area contributed by atoms with E-state index in [0.29, 0.717) is 0 Å². The fraction of sp³-hybridized carbons (Fsp3) is 0.769. The number of amides is 1. The van der Waals surface area contributed by atoms with Gasteiger partial charge in [0.1, 0.15) is 5.82 Å². The van der Waals surface area contributed by atoms with Crippen molar-refractivity contribution in [3.63, 3.8) is 0 Å². The summed E-state index contributed by atoms with van der Waals surface area (Å²) in [7, 11) is 1.95. The van der Waals surface area contributed by atoms with Crippen LogP contribution >= 0.6 is 11.8 Å². The predicted molar refractivity (Wildman–Crippen MR) is 81.6 cm³/mol. The largest absolute Gasteiger partial charge is 0.368 e. The van der Waals surface area contributed by atoms with Gasteiger partial charge in [-0.15, -0.1) is 10.2 Å². The van der Waals surface area contributed by atoms with Crippen LogP contribution in [0.1, 0.15) is 38.9 Å². The Morgan fingerprint density at radius 2 is 2.20 bits per heavy atom. The predicted octanol–water partition coefficient (Wildman–Crippen LogP) is 1.24. The molecule has 0 aliphatic carbocycles. The van der Waals surface area contributed by atoms with Gasteiger partial charge in [0.25, 0.3) is 0 Å². The third-order valence-electron chi connectivity index (χ3n) is 3.41. The summed E-state index contributed by atoms with van der Waals surface area (Å²) >= 11 is 1.65. The van der Waals surface area contributed by atoms with E-state index in [1.165, 1.54) is 0 Å². The van der Waals surface area contributed by atoms with E-state index in [1.807, 2.05) is 25.5 Å². The first-order valence-electron chi connectivity index (χ1n) is 6.94. The highest BCUT2D eigenvalue weighted by atomic mass is 32.2. The number of thioether (sulfide) groups is 1. The van der Waals surface area contributed by atoms with Crippen molar-refractivity contribution < 1.29 is 4.79 Å². The molecule has 114 valence electrons. The van der Waals surface area contributed by atoms with Gasteiger partial charge in [0.05, 0.1) is 5.54 Å². The summed E-state index contributed by atoms with van der Waals surface area (Å²) in [5, 5.41) is 12.3. The molecule has 1 heterocycles. The van der Waals surface area contributed by atoms with Crippen molar-refractivity contribution in [1.82, 2.24) is 20.1 Å². The second-order valence-corrected chi connectivity index (χ2v) is 6.23. The lowest BCUT2D eigenvalue weighted by molar-refractivity contribution is -0.124. The molecule has 0 saturated carbocycles. The first-order chi connectivity index (χ1) is 9.40. The lowest BCUT2D eigenvalue weighted by atomic mass is 9.95. The average molecular weight is 299 g/mol. The van der Waals surface area contributed by atoms with Gasteiger partial charge >= 0.3 is 0 Å². The van der Waals surface area contributed by atoms with E-state index in [2.05, 4.69) is 22.4 Å². The second-order valence-electron chi connectivity index (χ2n) is 5.16. The fourth-order valence-electron chi connectivity index (χ4n) is 1.80. The molecule has 0 aliphatic rings. The summed E-state index contributed by atoms with van der Waals surface area (Å²) in [6.07, 6.45) is 2.61. The molecule has 1 rings (SSSR count). The Bertz CT molecular complexity index is 448. The molecule has 1 unspecified atom stereocenters. The molecule has 3 N–H and O–H groups in total. The third kappa shape index (κ3) is 4.49. The van der Waals surface area contributed by atoms with Crippen molar-refractivity contribution in [1.29, 1.82) is 0 Å². The smallest absolute Gasteiger partial charge is 0.237 e. The molecule has 0 saturated heterocycles. The molecule has 7 heteroatoms. The van der Waals surface area contributed by atoms with Crippen LogP contribution < -0.4 is 11.1 Å². The third-order valence-corrected chi connectivity index (χ3v) is 4.52. The monoisotopic (exact) mass is 299 g/mol. The van der Waals surface area contributed by atoms with Crippen molar-refractivity contribution >= 4 is 17.7 Å². The minimum Gasteiger partial charge on any atom is -0.368 e. The molecule has 0 aliphatic heterocycles. The Kier molecular flexibility index (Phi) is 6.48. The van der Waals surface area contributed by atoms with Crippen LogP contribution in [0, 0.1) is 6.92 Å². The van der Waals surface area contributed by atoms with Gasteiger partial charge in [0.2, 0.25) is 5.91 Å². The summed E-state index contributed by atoms with van der Waals surface area (Å²) in [6, 6.07) is 0. The van der Waals surface area contributed by atoms with Crippen molar-refractivity contribution in [2.24, 2.45) is 12.8 Å². The maximum Gasteiger partial charge on any atom is 0.237 e. The van der Waals surface area contributed by atoms with E-state index in [1.54, 1.807) is 11.8 Å². The first-order valence-corrected chi connectivity index (χ1v) is 7.93. The van der Waals surface area contributed by atoms with Gasteiger partial charge in [-0.25, -0.2) is 0 Å². The topological polar surface area (TPSA) is 85.8 Å². The van der Waals surface area contributed by atoms with E-state index in [9.17, 15) is 4.79 Å². The normalized spacial score (nSPS) is 14.2. The van der Waals surface area contributed by atoms with Gasteiger partial charge in [0, 0.05) is 12.8 Å². The zero-order chi connectivity index (χ0) is 15.2. The van der Waals surface area contributed by atoms with Crippen LogP contribution in [-0.2, 0) is 11.8 Å². The highest BCUT2D eigenvalue weighted by Gasteiger charge is 2.29. The molecular weight excluding hydrogens is 274 g/mol. The van der Waals surface area contributed by atoms with Crippen LogP contribution in [0.4, 0.5) is 0 Å². The van der Waals surface area contributed by atoms with Gasteiger partial charge in [0.15, 0.2) is 5.16 Å². The summed E-state index contributed by atoms with van der Waals surface area (Å²) in [6.45, 7) is 6.67. The average Bonchev–Trinajstić information content (AvgIpc) is 2.73. The lowest BCUT2D eigenvalue weighted by Crippen LogP contribution is -2.53. The number of nitrogens with one attached hydrogen (secondary N) is 1. The summed E-state index contributed by atoms with van der Waals surface area (Å²) < 4.78 is 1.97. The second kappa shape index (κ2) is 7.64. The van der Waals surface area contributed by atoms with Crippen LogP contribution in [0.5, 0.6) is 0 Å². The van der Waals surface area contributed by atoms with E-state index in [4.69, 9.17) is 5.73 Å². The fourth-order valence-corrected chi connectivity index (χ4v) is 2.70. The van der Waals surface area contributed by atoms with Gasteiger partial charge in [-0.2, -0.15) is 0 Å². The van der Waals surface area contributed by atoms with Gasteiger partial charge < -0.3 is 15.6 Å². The highest BCUT2D eigenvalue weighted by molar-refractivity contribution is 7.99. The number of carbonyl (C=O) groups is 1. The van der Waals surface area contributed by atoms with Crippen molar-refractivity contribution in [2.75, 3.05) is 12.3 Å². The standard InChI is InChI=1S/C13H25N5OS/c1-5-8-15-13(3,11(14)19)7-6-9-20-12-17-16-10(2)18(12)4/h15H,5-9H2,1-4H3,(H2,14,19). The molecule has 0 aromatic carbocycles. The van der Waals surface area contributed by atoms with Gasteiger partial charge in [-0.3, -0.25) is 4.79 Å². The molecule has 1 atom stereocenters. The number of primary amides is 1. The zero-order valence-electron chi connectivity index (χ0n) is 12.8. The zero-order valence-corrected chi connectivity index (χ0v) is 13.6. The number of rotatable bonds is 9. The number of nitrogens with two attached hydrogens (primary N) is 1. The van der Waals surface area contributed by atoms with E-state index in [-0.39, 0.29) is 5.91 Å². The molecule has 0 radical (unpaired) electrons. The maximum atomic E-state index is 11.6. The summed E-state index contributed by atoms with van der Waals surface area (Å²) in [5.74, 6) is 1.51. The van der Waals surface area contributed by atoms with E-state index >= 15 is 0 Å². The maximum absolute atomic E-state index is 11.6. The molecule has 0 spiro atoms. The number of aryl methyl sites for hydroxylation is 1. The summed E-state index contributed by atoms with van der Waals surface area (Å²) in [5.41, 5.74) is 4.88. The lowest BCUT2D eigenvalue weighted by Gasteiger charge is -2.27. The Hall–Kier alpha value is -1.08. The molecular formula is C13H25N5OS. The number of aromatic nitrogens is 3. The molecule has 6 nitrogen and oxygen atoms in total. The quantitative estimate of drug-likeness (QED) is 0.529. The highest BCUT2D eigenvalue weighted by Crippen LogP contribution is 2.20. The van der Waals surface area contributed by atoms with Crippen LogP contribution in [0.15, 0.2) is 5.16 Å². The molecule has 0 bridgehead atoms. The van der Waals surface area contributed by atoms with Crippen LogP contribution in [0.2, 0.25) is 0 Å². The molecule has 1 amide bonds. The first kappa shape index (κ1) is 17.0. The Morgan fingerprint density at radius 1 is 1.50 bits per heavy atom. The molecule has 0 fully saturated rings. The number of hydrogen-bond donors (Lipinski definition) is 2. The van der Waals surface area contributed by atoms with E-state index in [0.717, 1.165) is 42.5 Å². The Balaban J connectivity index is 2.41. The van der Waals surface area contributed by atoms with Crippen molar-refractivity contribution in [3.8, 4) is 0 Å². The number of nitrogens with zero attached hydrogens (tertiary/aromatic N) is 3. The van der Waals surface area contributed by atoms with Crippen LogP contribution in [0.3, 0.4) is 0 Å². The van der Waals surface area contributed by atoms with Crippen molar-refractivity contribution in [2.45, 2.75) is 50.7 Å². The minimum atomic E-state index is -0.619. The number of hydrogen-bond acceptors (Lipinski definition) is 5. The molecule has 20 heavy (non-hydrogen) atoms. The molecule has 1 aromatic heterocycles. The molecule has 1 aromatic rings. The van der Waals surface area contributed by atoms with Crippen LogP contribution in [0.25, 0.3) is 0 Å². The Labute approximate surface area is 124 Å². The SMILES string of the molecule is CCCNC(C)(CCCSc1nnc(C)n1C)C(N)=O. The van der Waals surface area contributed by atoms with Crippen molar-refractivity contribution in [3.05, 3.63) is 5.82 Å². The van der Waals surface area contributed by atoms with Crippen LogP contribution in [-0.4, -0.2) is 38.5 Å². The summed E-state index contributed by atoms with van der Waals surface area (Å²) in [4.78, 5) is 11.6. The van der Waals surface area contributed by atoms with Gasteiger partial charge in [-0.05, 0) is 39.7 Å². The van der Waals surface area contributed by atoms with E-state index < -0.39 is 5.54 Å².